The number of nitrogens with zero attached hydrogens (tertiary/aromatic N) is 1. The second-order valence-electron chi connectivity index (χ2n) is 8.63. The fourth-order valence-corrected chi connectivity index (χ4v) is 7.60. The summed E-state index contributed by atoms with van der Waals surface area (Å²) < 4.78 is 26.6. The first-order valence-electron chi connectivity index (χ1n) is 11.0. The van der Waals surface area contributed by atoms with Crippen LogP contribution in [-0.2, 0) is 14.8 Å². The van der Waals surface area contributed by atoms with Crippen LogP contribution in [0.1, 0.15) is 54.6 Å². The molecule has 4 rings (SSSR count). The van der Waals surface area contributed by atoms with Crippen LogP contribution in [-0.4, -0.2) is 35.4 Å². The zero-order valence-electron chi connectivity index (χ0n) is 17.7. The van der Waals surface area contributed by atoms with Crippen LogP contribution >= 0.6 is 11.3 Å². The van der Waals surface area contributed by atoms with E-state index in [0.717, 1.165) is 41.0 Å². The van der Waals surface area contributed by atoms with Gasteiger partial charge in [-0.25, -0.2) is 3.97 Å². The van der Waals surface area contributed by atoms with Gasteiger partial charge in [0.25, 0.3) is 15.9 Å². The maximum atomic E-state index is 13.0. The Bertz CT molecular complexity index is 1090. The number of aliphatic carboxylic acids is 1. The van der Waals surface area contributed by atoms with E-state index in [0.29, 0.717) is 29.1 Å². The number of carboxylic acids is 1. The number of carbonyl (C=O) groups excluding carboxylic acids is 1. The first-order chi connectivity index (χ1) is 15.4. The molecular formula is C23H28N2O5S2. The molecule has 2 heterocycles. The number of carboxylic acid groups (broad SMARTS) is 1. The number of nitrogens with one attached hydrogen (secondary N) is 1. The number of rotatable bonds is 10. The number of amides is 1. The summed E-state index contributed by atoms with van der Waals surface area (Å²) in [7, 11) is -3.67. The fraction of sp³-hybridized carbons (Fsp3) is 0.478. The standard InChI is InChI=1S/C23H28N2O5S2/c26-20(27)8-4-2-1-3-7-18-16-9-10-17(15-16)22(18)24-23(28)19-11-12-21(31-19)32(29,30)25-13-5-6-14-25/h1,3,5-6,11-14,16-18,22H,2,4,7-10,15H2,(H,24,28)(H,26,27)/b3-1+. The molecule has 32 heavy (non-hydrogen) atoms. The van der Waals surface area contributed by atoms with Crippen molar-refractivity contribution >= 4 is 33.2 Å². The Balaban J connectivity index is 1.38. The van der Waals surface area contributed by atoms with Crippen molar-refractivity contribution in [2.45, 2.75) is 55.2 Å². The van der Waals surface area contributed by atoms with E-state index in [1.54, 1.807) is 18.2 Å². The molecular weight excluding hydrogens is 448 g/mol. The molecule has 0 spiro atoms. The van der Waals surface area contributed by atoms with Gasteiger partial charge in [-0.05, 0) is 80.5 Å². The van der Waals surface area contributed by atoms with Gasteiger partial charge < -0.3 is 10.4 Å². The average molecular weight is 477 g/mol. The van der Waals surface area contributed by atoms with E-state index < -0.39 is 16.0 Å². The molecule has 0 aromatic carbocycles. The third kappa shape index (κ3) is 4.83. The van der Waals surface area contributed by atoms with Gasteiger partial charge in [-0.1, -0.05) is 12.2 Å². The molecule has 9 heteroatoms. The van der Waals surface area contributed by atoms with E-state index >= 15 is 0 Å². The summed E-state index contributed by atoms with van der Waals surface area (Å²) in [6.07, 6.45) is 13.0. The molecule has 2 fully saturated rings. The zero-order valence-corrected chi connectivity index (χ0v) is 19.4. The molecule has 2 aromatic rings. The highest BCUT2D eigenvalue weighted by Gasteiger charge is 2.47. The number of unbranched alkanes of at least 4 members (excludes halogenated alkanes) is 1. The molecule has 2 saturated carbocycles. The fourth-order valence-electron chi connectivity index (χ4n) is 5.10. The van der Waals surface area contributed by atoms with E-state index in [2.05, 4.69) is 11.4 Å². The minimum atomic E-state index is -3.67. The highest BCUT2D eigenvalue weighted by Crippen LogP contribution is 2.50. The summed E-state index contributed by atoms with van der Waals surface area (Å²) in [5.41, 5.74) is 0. The number of allylic oxidation sites excluding steroid dienone is 2. The molecule has 2 bridgehead atoms. The van der Waals surface area contributed by atoms with Gasteiger partial charge in [0.2, 0.25) is 0 Å². The molecule has 172 valence electrons. The number of hydrogen-bond donors (Lipinski definition) is 2. The van der Waals surface area contributed by atoms with Crippen LogP contribution in [0.25, 0.3) is 0 Å². The predicted octanol–water partition coefficient (Wildman–Crippen LogP) is 4.13. The van der Waals surface area contributed by atoms with Gasteiger partial charge in [0.1, 0.15) is 4.21 Å². The minimum absolute atomic E-state index is 0.0940. The monoisotopic (exact) mass is 476 g/mol. The van der Waals surface area contributed by atoms with Crippen LogP contribution in [0.3, 0.4) is 0 Å². The maximum absolute atomic E-state index is 13.0. The lowest BCUT2D eigenvalue weighted by atomic mass is 9.82. The first-order valence-corrected chi connectivity index (χ1v) is 13.3. The number of aromatic nitrogens is 1. The van der Waals surface area contributed by atoms with Gasteiger partial charge in [-0.15, -0.1) is 11.3 Å². The maximum Gasteiger partial charge on any atom is 0.303 e. The quantitative estimate of drug-likeness (QED) is 0.396. The summed E-state index contributed by atoms with van der Waals surface area (Å²) >= 11 is 0.997. The summed E-state index contributed by atoms with van der Waals surface area (Å²) in [5, 5.41) is 11.9. The van der Waals surface area contributed by atoms with Crippen LogP contribution in [0.15, 0.2) is 53.0 Å². The van der Waals surface area contributed by atoms with Crippen molar-refractivity contribution in [1.29, 1.82) is 0 Å². The van der Waals surface area contributed by atoms with Gasteiger partial charge in [0.15, 0.2) is 0 Å². The van der Waals surface area contributed by atoms with Crippen molar-refractivity contribution in [3.8, 4) is 0 Å². The number of fused-ring (bicyclic) bond motifs is 2. The van der Waals surface area contributed by atoms with Crippen LogP contribution in [0, 0.1) is 17.8 Å². The first kappa shape index (κ1) is 22.8. The molecule has 0 aliphatic heterocycles. The Kier molecular flexibility index (Phi) is 6.85. The van der Waals surface area contributed by atoms with E-state index in [1.165, 1.54) is 24.9 Å². The SMILES string of the molecule is O=C(O)CCC/C=C/CC1C2CCC(C2)C1NC(=O)c1ccc(S(=O)(=O)n2cccc2)s1. The van der Waals surface area contributed by atoms with Crippen molar-refractivity contribution in [2.75, 3.05) is 0 Å². The molecule has 0 saturated heterocycles. The molecule has 2 N–H and O–H groups in total. The van der Waals surface area contributed by atoms with Gasteiger partial charge >= 0.3 is 5.97 Å². The van der Waals surface area contributed by atoms with Gasteiger partial charge in [0, 0.05) is 24.9 Å². The van der Waals surface area contributed by atoms with Gasteiger partial charge in [-0.3, -0.25) is 9.59 Å². The third-order valence-electron chi connectivity index (χ3n) is 6.64. The van der Waals surface area contributed by atoms with Crippen molar-refractivity contribution in [2.24, 2.45) is 17.8 Å². The van der Waals surface area contributed by atoms with Crippen molar-refractivity contribution in [3.63, 3.8) is 0 Å². The summed E-state index contributed by atoms with van der Waals surface area (Å²) in [4.78, 5) is 24.0. The number of thiophene rings is 1. The molecule has 4 atom stereocenters. The third-order valence-corrected chi connectivity index (χ3v) is 9.84. The molecule has 1 amide bonds. The van der Waals surface area contributed by atoms with Crippen LogP contribution < -0.4 is 5.32 Å². The minimum Gasteiger partial charge on any atom is -0.481 e. The summed E-state index contributed by atoms with van der Waals surface area (Å²) in [5.74, 6) is 0.458. The topological polar surface area (TPSA) is 105 Å². The average Bonchev–Trinajstić information content (AvgIpc) is 3.55. The number of hydrogen-bond acceptors (Lipinski definition) is 5. The highest BCUT2D eigenvalue weighted by molar-refractivity contribution is 7.92. The Morgan fingerprint density at radius 2 is 1.91 bits per heavy atom. The molecule has 4 unspecified atom stereocenters. The second kappa shape index (κ2) is 9.62. The molecule has 2 aliphatic rings. The Labute approximate surface area is 192 Å². The lowest BCUT2D eigenvalue weighted by Gasteiger charge is -2.31. The zero-order chi connectivity index (χ0) is 22.7. The normalized spacial score (nSPS) is 24.9. The Morgan fingerprint density at radius 3 is 2.66 bits per heavy atom. The molecule has 2 aromatic heterocycles. The Hall–Kier alpha value is -2.39. The van der Waals surface area contributed by atoms with E-state index in [4.69, 9.17) is 5.11 Å². The van der Waals surface area contributed by atoms with Crippen molar-refractivity contribution < 1.29 is 23.1 Å². The smallest absolute Gasteiger partial charge is 0.303 e. The highest BCUT2D eigenvalue weighted by atomic mass is 32.2. The molecule has 2 aliphatic carbocycles. The molecule has 0 radical (unpaired) electrons. The van der Waals surface area contributed by atoms with E-state index in [-0.39, 0.29) is 22.6 Å². The van der Waals surface area contributed by atoms with Crippen molar-refractivity contribution in [3.05, 3.63) is 53.7 Å². The van der Waals surface area contributed by atoms with Crippen molar-refractivity contribution in [1.82, 2.24) is 9.29 Å². The Morgan fingerprint density at radius 1 is 1.16 bits per heavy atom. The summed E-state index contributed by atoms with van der Waals surface area (Å²) in [6.45, 7) is 0. The number of carbonyl (C=O) groups is 2. The summed E-state index contributed by atoms with van der Waals surface area (Å²) in [6, 6.07) is 6.47. The van der Waals surface area contributed by atoms with Crippen LogP contribution in [0.2, 0.25) is 0 Å². The largest absolute Gasteiger partial charge is 0.481 e. The predicted molar refractivity (Wildman–Crippen MR) is 122 cm³/mol. The van der Waals surface area contributed by atoms with E-state index in [9.17, 15) is 18.0 Å². The lowest BCUT2D eigenvalue weighted by molar-refractivity contribution is -0.137. The van der Waals surface area contributed by atoms with E-state index in [1.807, 2.05) is 6.08 Å². The van der Waals surface area contributed by atoms with Gasteiger partial charge in [0.05, 0.1) is 4.88 Å². The van der Waals surface area contributed by atoms with Crippen LogP contribution in [0.4, 0.5) is 0 Å². The van der Waals surface area contributed by atoms with Crippen LogP contribution in [0.5, 0.6) is 0 Å². The second-order valence-corrected chi connectivity index (χ2v) is 11.8. The van der Waals surface area contributed by atoms with Gasteiger partial charge in [-0.2, -0.15) is 8.42 Å². The molecule has 7 nitrogen and oxygen atoms in total. The lowest BCUT2D eigenvalue weighted by Crippen LogP contribution is -2.43.